The van der Waals surface area contributed by atoms with Crippen LogP contribution in [0.4, 0.5) is 13.6 Å². The molecule has 0 bridgehead atoms. The molecule has 2 aromatic rings. The second kappa shape index (κ2) is 8.44. The van der Waals surface area contributed by atoms with Crippen molar-refractivity contribution in [2.45, 2.75) is 44.3 Å². The minimum atomic E-state index is -0.624. The maximum atomic E-state index is 14.2. The van der Waals surface area contributed by atoms with Crippen LogP contribution in [0.15, 0.2) is 24.4 Å². The molecule has 172 valence electrons. The lowest BCUT2D eigenvalue weighted by molar-refractivity contribution is 0.00733. The average molecular weight is 446 g/mol. The van der Waals surface area contributed by atoms with Crippen molar-refractivity contribution < 1.29 is 18.3 Å². The lowest BCUT2D eigenvalue weighted by Gasteiger charge is -2.48. The van der Waals surface area contributed by atoms with E-state index in [2.05, 4.69) is 22.1 Å². The van der Waals surface area contributed by atoms with Gasteiger partial charge in [0.25, 0.3) is 0 Å². The number of carbonyl (C=O) groups is 1. The summed E-state index contributed by atoms with van der Waals surface area (Å²) in [6, 6.07) is 3.47. The predicted octanol–water partition coefficient (Wildman–Crippen LogP) is 2.65. The van der Waals surface area contributed by atoms with Crippen molar-refractivity contribution in [3.8, 4) is 11.3 Å². The lowest BCUT2D eigenvalue weighted by Crippen LogP contribution is -2.65. The molecule has 2 amide bonds. The van der Waals surface area contributed by atoms with E-state index in [1.807, 2.05) is 9.47 Å². The summed E-state index contributed by atoms with van der Waals surface area (Å²) in [5.41, 5.74) is 0.706. The van der Waals surface area contributed by atoms with Crippen molar-refractivity contribution in [3.05, 3.63) is 41.9 Å². The summed E-state index contributed by atoms with van der Waals surface area (Å²) in [4.78, 5) is 22.0. The highest BCUT2D eigenvalue weighted by atomic mass is 19.1. The number of fused-ring (bicyclic) bond motifs is 1. The van der Waals surface area contributed by atoms with Crippen LogP contribution >= 0.6 is 0 Å². The number of aromatic nitrogens is 2. The largest absolute Gasteiger partial charge is 0.379 e. The van der Waals surface area contributed by atoms with E-state index in [1.165, 1.54) is 12.1 Å². The highest BCUT2D eigenvalue weighted by molar-refractivity contribution is 5.75. The molecule has 0 radical (unpaired) electrons. The summed E-state index contributed by atoms with van der Waals surface area (Å²) in [6.07, 6.45) is 4.20. The molecule has 1 spiro atoms. The van der Waals surface area contributed by atoms with E-state index in [0.29, 0.717) is 38.4 Å². The van der Waals surface area contributed by atoms with Crippen molar-refractivity contribution in [2.75, 3.05) is 39.4 Å². The van der Waals surface area contributed by atoms with Gasteiger partial charge in [0.15, 0.2) is 0 Å². The summed E-state index contributed by atoms with van der Waals surface area (Å²) in [7, 11) is 0. The molecule has 0 saturated carbocycles. The molecule has 7 nitrogen and oxygen atoms in total. The monoisotopic (exact) mass is 445 g/mol. The van der Waals surface area contributed by atoms with Gasteiger partial charge in [0.2, 0.25) is 0 Å². The van der Waals surface area contributed by atoms with Crippen LogP contribution in [0.1, 0.15) is 25.6 Å². The molecular weight excluding hydrogens is 416 g/mol. The van der Waals surface area contributed by atoms with Crippen LogP contribution in [0.25, 0.3) is 11.3 Å². The highest BCUT2D eigenvalue weighted by Crippen LogP contribution is 2.30. The molecule has 9 heteroatoms. The third-order valence-corrected chi connectivity index (χ3v) is 7.07. The predicted molar refractivity (Wildman–Crippen MR) is 115 cm³/mol. The fourth-order valence-electron chi connectivity index (χ4n) is 5.30. The topological polar surface area (TPSA) is 62.6 Å². The van der Waals surface area contributed by atoms with Crippen molar-refractivity contribution >= 4 is 6.03 Å². The Balaban J connectivity index is 1.24. The summed E-state index contributed by atoms with van der Waals surface area (Å²) < 4.78 is 35.1. The number of urea groups is 1. The Kier molecular flexibility index (Phi) is 5.63. The molecule has 1 aromatic carbocycles. The minimum absolute atomic E-state index is 0.0184. The van der Waals surface area contributed by atoms with Crippen LogP contribution in [0.2, 0.25) is 0 Å². The van der Waals surface area contributed by atoms with Crippen molar-refractivity contribution in [1.82, 2.24) is 24.7 Å². The number of ether oxygens (including phenoxy) is 1. The Morgan fingerprint density at radius 1 is 1.34 bits per heavy atom. The molecule has 5 rings (SSSR count). The van der Waals surface area contributed by atoms with Gasteiger partial charge in [0, 0.05) is 63.1 Å². The zero-order chi connectivity index (χ0) is 22.3. The van der Waals surface area contributed by atoms with Crippen molar-refractivity contribution in [2.24, 2.45) is 0 Å². The number of imidazole rings is 1. The van der Waals surface area contributed by atoms with Gasteiger partial charge in [-0.15, -0.1) is 0 Å². The highest BCUT2D eigenvalue weighted by Gasteiger charge is 2.45. The van der Waals surface area contributed by atoms with Crippen molar-refractivity contribution in [1.29, 1.82) is 0 Å². The first kappa shape index (κ1) is 21.3. The van der Waals surface area contributed by atoms with Crippen molar-refractivity contribution in [3.63, 3.8) is 0 Å². The van der Waals surface area contributed by atoms with Gasteiger partial charge in [-0.25, -0.2) is 18.6 Å². The summed E-state index contributed by atoms with van der Waals surface area (Å²) in [6.45, 7) is 7.37. The standard InChI is InChI=1S/C23H29F2N5O2/c1-2-30-9-8-28(14-23(30)7-10-32-15-23)22(31)26-17-4-6-21-27-20(13-29(21)12-17)18-5-3-16(24)11-19(18)25/h3,5,11,13,17H,2,4,6-10,12,14-15H2,1H3,(H,26,31). The van der Waals surface area contributed by atoms with Crippen LogP contribution in [-0.2, 0) is 17.7 Å². The number of nitrogens with zero attached hydrogens (tertiary/aromatic N) is 4. The van der Waals surface area contributed by atoms with Gasteiger partial charge >= 0.3 is 6.03 Å². The number of aryl methyl sites for hydroxylation is 1. The van der Waals surface area contributed by atoms with Gasteiger partial charge in [-0.2, -0.15) is 0 Å². The number of hydrogen-bond donors (Lipinski definition) is 1. The van der Waals surface area contributed by atoms with E-state index in [4.69, 9.17) is 4.74 Å². The maximum Gasteiger partial charge on any atom is 0.317 e. The number of rotatable bonds is 3. The Hall–Kier alpha value is -2.52. The van der Waals surface area contributed by atoms with E-state index >= 15 is 0 Å². The Labute approximate surface area is 186 Å². The SMILES string of the molecule is CCN1CCN(C(=O)NC2CCc3nc(-c4ccc(F)cc4F)cn3C2)CC12CCOC2. The number of carbonyl (C=O) groups excluding carboxylic acids is 1. The summed E-state index contributed by atoms with van der Waals surface area (Å²) in [5.74, 6) is -0.377. The fraction of sp³-hybridized carbons (Fsp3) is 0.565. The molecule has 2 fully saturated rings. The number of amides is 2. The molecule has 0 aliphatic carbocycles. The van der Waals surface area contributed by atoms with Gasteiger partial charge < -0.3 is 19.5 Å². The molecule has 4 heterocycles. The van der Waals surface area contributed by atoms with Crippen LogP contribution in [0, 0.1) is 11.6 Å². The van der Waals surface area contributed by atoms with Crippen LogP contribution in [-0.4, -0.2) is 76.4 Å². The quantitative estimate of drug-likeness (QED) is 0.789. The second-order valence-corrected chi connectivity index (χ2v) is 9.03. The van der Waals surface area contributed by atoms with E-state index in [9.17, 15) is 13.6 Å². The molecule has 2 atom stereocenters. The van der Waals surface area contributed by atoms with Crippen LogP contribution in [0.5, 0.6) is 0 Å². The first-order chi connectivity index (χ1) is 15.5. The van der Waals surface area contributed by atoms with Gasteiger partial charge in [0.05, 0.1) is 17.8 Å². The third kappa shape index (κ3) is 3.88. The number of benzene rings is 1. The first-order valence-corrected chi connectivity index (χ1v) is 11.4. The maximum absolute atomic E-state index is 14.2. The molecule has 3 aliphatic rings. The zero-order valence-electron chi connectivity index (χ0n) is 18.3. The van der Waals surface area contributed by atoms with Crippen LogP contribution in [0.3, 0.4) is 0 Å². The minimum Gasteiger partial charge on any atom is -0.379 e. The third-order valence-electron chi connectivity index (χ3n) is 7.07. The number of nitrogens with one attached hydrogen (secondary N) is 1. The fourth-order valence-corrected chi connectivity index (χ4v) is 5.30. The normalized spacial score (nSPS) is 25.8. The Bertz CT molecular complexity index is 1000. The van der Waals surface area contributed by atoms with Gasteiger partial charge in [-0.3, -0.25) is 4.90 Å². The molecule has 1 aromatic heterocycles. The number of likely N-dealkylation sites (N-methyl/N-ethyl adjacent to an activating group) is 1. The smallest absolute Gasteiger partial charge is 0.317 e. The lowest BCUT2D eigenvalue weighted by atomic mass is 9.93. The molecule has 3 aliphatic heterocycles. The molecular formula is C23H29F2N5O2. The molecule has 32 heavy (non-hydrogen) atoms. The molecule has 2 unspecified atom stereocenters. The Morgan fingerprint density at radius 2 is 2.22 bits per heavy atom. The van der Waals surface area contributed by atoms with Gasteiger partial charge in [0.1, 0.15) is 17.5 Å². The van der Waals surface area contributed by atoms with E-state index in [-0.39, 0.29) is 23.2 Å². The number of piperazine rings is 1. The summed E-state index contributed by atoms with van der Waals surface area (Å²) >= 11 is 0. The first-order valence-electron chi connectivity index (χ1n) is 11.4. The van der Waals surface area contributed by atoms with Gasteiger partial charge in [-0.1, -0.05) is 6.92 Å². The van der Waals surface area contributed by atoms with E-state index < -0.39 is 11.6 Å². The van der Waals surface area contributed by atoms with E-state index in [0.717, 1.165) is 44.4 Å². The number of halogens is 2. The van der Waals surface area contributed by atoms with Gasteiger partial charge in [-0.05, 0) is 31.5 Å². The molecule has 1 N–H and O–H groups in total. The van der Waals surface area contributed by atoms with E-state index in [1.54, 1.807) is 6.20 Å². The zero-order valence-corrected chi connectivity index (χ0v) is 18.3. The van der Waals surface area contributed by atoms with Crippen LogP contribution < -0.4 is 5.32 Å². The average Bonchev–Trinajstić information content (AvgIpc) is 3.40. The summed E-state index contributed by atoms with van der Waals surface area (Å²) in [5, 5.41) is 3.19. The Morgan fingerprint density at radius 3 is 2.97 bits per heavy atom. The molecule has 2 saturated heterocycles. The number of hydrogen-bond acceptors (Lipinski definition) is 4. The second-order valence-electron chi connectivity index (χ2n) is 9.03.